The number of carbonyl (C=O) groups is 1. The molecule has 0 heterocycles. The molecule has 0 radical (unpaired) electrons. The second kappa shape index (κ2) is 7.32. The molecule has 2 rings (SSSR count). The average Bonchev–Trinajstić information content (AvgIpc) is 2.51. The number of anilines is 1. The first-order chi connectivity index (χ1) is 11.0. The topological polar surface area (TPSA) is 82.3 Å². The number of benzene rings is 2. The molecule has 0 aliphatic heterocycles. The van der Waals surface area contributed by atoms with Crippen molar-refractivity contribution in [3.63, 3.8) is 0 Å². The van der Waals surface area contributed by atoms with Crippen molar-refractivity contribution < 1.29 is 14.6 Å². The van der Waals surface area contributed by atoms with Crippen LogP contribution in [0.25, 0.3) is 0 Å². The summed E-state index contributed by atoms with van der Waals surface area (Å²) in [5, 5.41) is 21.9. The minimum Gasteiger partial charge on any atom is -0.508 e. The molecule has 2 aromatic rings. The lowest BCUT2D eigenvalue weighted by Crippen LogP contribution is -2.18. The van der Waals surface area contributed by atoms with E-state index in [2.05, 4.69) is 11.4 Å². The molecule has 2 aromatic carbocycles. The summed E-state index contributed by atoms with van der Waals surface area (Å²) in [5.41, 5.74) is 3.09. The molecule has 2 N–H and O–H groups in total. The first kappa shape index (κ1) is 16.4. The van der Waals surface area contributed by atoms with Crippen LogP contribution in [0.4, 0.5) is 5.69 Å². The highest BCUT2D eigenvalue weighted by atomic mass is 16.5. The van der Waals surface area contributed by atoms with Crippen molar-refractivity contribution >= 4 is 11.7 Å². The number of aromatic hydroxyl groups is 1. The molecule has 0 fully saturated rings. The van der Waals surface area contributed by atoms with Crippen molar-refractivity contribution in [3.8, 4) is 11.8 Å². The fraction of sp³-hybridized carbons (Fsp3) is 0.222. The van der Waals surface area contributed by atoms with Crippen LogP contribution in [-0.2, 0) is 9.53 Å². The average molecular weight is 310 g/mol. The summed E-state index contributed by atoms with van der Waals surface area (Å²) in [6, 6.07) is 14.0. The van der Waals surface area contributed by atoms with E-state index >= 15 is 0 Å². The summed E-state index contributed by atoms with van der Waals surface area (Å²) >= 11 is 0. The lowest BCUT2D eigenvalue weighted by molar-refractivity contribution is -0.141. The second-order valence-electron chi connectivity index (χ2n) is 5.29. The molecule has 0 saturated heterocycles. The Morgan fingerprint density at radius 3 is 2.57 bits per heavy atom. The van der Waals surface area contributed by atoms with Crippen molar-refractivity contribution in [3.05, 3.63) is 59.2 Å². The number of nitriles is 1. The Bertz CT molecular complexity index is 713. The highest BCUT2D eigenvalue weighted by molar-refractivity contribution is 5.66. The van der Waals surface area contributed by atoms with E-state index in [0.717, 1.165) is 16.8 Å². The predicted octanol–water partition coefficient (Wildman–Crippen LogP) is 3.29. The Hall–Kier alpha value is -3.00. The standard InChI is InChI=1S/C18H18N2O3/c1-12-7-15(9-17(22)8-12)18(11-23-13(2)21)20-16-5-3-14(10-19)4-6-16/h3-9,18,20,22H,11H2,1-2H3. The maximum absolute atomic E-state index is 11.1. The number of phenols is 1. The second-order valence-corrected chi connectivity index (χ2v) is 5.29. The fourth-order valence-corrected chi connectivity index (χ4v) is 2.26. The first-order valence-electron chi connectivity index (χ1n) is 7.18. The number of ether oxygens (including phenoxy) is 1. The van der Waals surface area contributed by atoms with Gasteiger partial charge >= 0.3 is 5.97 Å². The quantitative estimate of drug-likeness (QED) is 0.828. The first-order valence-corrected chi connectivity index (χ1v) is 7.18. The van der Waals surface area contributed by atoms with Gasteiger partial charge in [-0.25, -0.2) is 0 Å². The molecule has 118 valence electrons. The highest BCUT2D eigenvalue weighted by Gasteiger charge is 2.15. The Morgan fingerprint density at radius 2 is 2.00 bits per heavy atom. The highest BCUT2D eigenvalue weighted by Crippen LogP contribution is 2.25. The number of nitrogens with one attached hydrogen (secondary N) is 1. The van der Waals surface area contributed by atoms with Gasteiger partial charge in [-0.05, 0) is 54.4 Å². The summed E-state index contributed by atoms with van der Waals surface area (Å²) in [7, 11) is 0. The molecule has 0 bridgehead atoms. The van der Waals surface area contributed by atoms with Crippen LogP contribution in [0, 0.1) is 18.3 Å². The van der Waals surface area contributed by atoms with Crippen molar-refractivity contribution in [1.29, 1.82) is 5.26 Å². The summed E-state index contributed by atoms with van der Waals surface area (Å²) < 4.78 is 5.12. The van der Waals surface area contributed by atoms with Gasteiger partial charge in [0, 0.05) is 12.6 Å². The van der Waals surface area contributed by atoms with Crippen molar-refractivity contribution in [2.75, 3.05) is 11.9 Å². The molecule has 5 nitrogen and oxygen atoms in total. The van der Waals surface area contributed by atoms with Gasteiger partial charge in [-0.15, -0.1) is 0 Å². The van der Waals surface area contributed by atoms with Crippen LogP contribution in [0.15, 0.2) is 42.5 Å². The Labute approximate surface area is 135 Å². The van der Waals surface area contributed by atoms with Crippen LogP contribution in [0.1, 0.15) is 29.7 Å². The van der Waals surface area contributed by atoms with Crippen LogP contribution in [0.5, 0.6) is 5.75 Å². The number of carbonyl (C=O) groups excluding carboxylic acids is 1. The van der Waals surface area contributed by atoms with Crippen LogP contribution in [-0.4, -0.2) is 17.7 Å². The molecule has 1 unspecified atom stereocenters. The van der Waals surface area contributed by atoms with E-state index in [4.69, 9.17) is 10.00 Å². The molecule has 0 aliphatic carbocycles. The molecule has 1 atom stereocenters. The van der Waals surface area contributed by atoms with Crippen LogP contribution < -0.4 is 5.32 Å². The summed E-state index contributed by atoms with van der Waals surface area (Å²) in [6.07, 6.45) is 0. The van der Waals surface area contributed by atoms with Gasteiger partial charge < -0.3 is 15.2 Å². The van der Waals surface area contributed by atoms with E-state index in [1.807, 2.05) is 13.0 Å². The van der Waals surface area contributed by atoms with E-state index in [1.54, 1.807) is 36.4 Å². The molecule has 0 aromatic heterocycles. The number of nitrogens with zero attached hydrogens (tertiary/aromatic N) is 1. The van der Waals surface area contributed by atoms with Gasteiger partial charge in [-0.1, -0.05) is 6.07 Å². The van der Waals surface area contributed by atoms with Crippen LogP contribution >= 0.6 is 0 Å². The van der Waals surface area contributed by atoms with E-state index in [1.165, 1.54) is 6.92 Å². The zero-order chi connectivity index (χ0) is 16.8. The van der Waals surface area contributed by atoms with Gasteiger partial charge in [0.25, 0.3) is 0 Å². The smallest absolute Gasteiger partial charge is 0.302 e. The van der Waals surface area contributed by atoms with Gasteiger partial charge in [0.1, 0.15) is 12.4 Å². The maximum atomic E-state index is 11.1. The van der Waals surface area contributed by atoms with E-state index in [-0.39, 0.29) is 24.4 Å². The lowest BCUT2D eigenvalue weighted by Gasteiger charge is -2.21. The summed E-state index contributed by atoms with van der Waals surface area (Å²) in [4.78, 5) is 11.1. The molecular formula is C18H18N2O3. The summed E-state index contributed by atoms with van der Waals surface area (Å²) in [5.74, 6) is -0.206. The van der Waals surface area contributed by atoms with E-state index < -0.39 is 0 Å². The third kappa shape index (κ3) is 4.75. The number of hydrogen-bond acceptors (Lipinski definition) is 5. The van der Waals surface area contributed by atoms with E-state index in [9.17, 15) is 9.90 Å². The fourth-order valence-electron chi connectivity index (χ4n) is 2.26. The number of aryl methyl sites for hydroxylation is 1. The van der Waals surface area contributed by atoms with Crippen molar-refractivity contribution in [1.82, 2.24) is 0 Å². The SMILES string of the molecule is CC(=O)OCC(Nc1ccc(C#N)cc1)c1cc(C)cc(O)c1. The molecule has 0 saturated carbocycles. The zero-order valence-electron chi connectivity index (χ0n) is 13.0. The monoisotopic (exact) mass is 310 g/mol. The number of esters is 1. The lowest BCUT2D eigenvalue weighted by atomic mass is 10.0. The van der Waals surface area contributed by atoms with Crippen LogP contribution in [0.3, 0.4) is 0 Å². The number of rotatable bonds is 5. The minimum atomic E-state index is -0.367. The Balaban J connectivity index is 2.25. The van der Waals surface area contributed by atoms with Crippen LogP contribution in [0.2, 0.25) is 0 Å². The van der Waals surface area contributed by atoms with E-state index in [0.29, 0.717) is 5.56 Å². The molecule has 0 spiro atoms. The molecular weight excluding hydrogens is 292 g/mol. The number of phenolic OH excluding ortho intramolecular Hbond substituents is 1. The Morgan fingerprint density at radius 1 is 1.30 bits per heavy atom. The molecule has 5 heteroatoms. The maximum Gasteiger partial charge on any atom is 0.302 e. The number of hydrogen-bond donors (Lipinski definition) is 2. The van der Waals surface area contributed by atoms with Gasteiger partial charge in [0.15, 0.2) is 0 Å². The largest absolute Gasteiger partial charge is 0.508 e. The summed E-state index contributed by atoms with van der Waals surface area (Å²) in [6.45, 7) is 3.37. The zero-order valence-corrected chi connectivity index (χ0v) is 13.0. The third-order valence-corrected chi connectivity index (χ3v) is 3.29. The molecule has 0 amide bonds. The van der Waals surface area contributed by atoms with Gasteiger partial charge in [0.05, 0.1) is 17.7 Å². The van der Waals surface area contributed by atoms with Crippen molar-refractivity contribution in [2.24, 2.45) is 0 Å². The minimum absolute atomic E-state index is 0.137. The third-order valence-electron chi connectivity index (χ3n) is 3.29. The Kier molecular flexibility index (Phi) is 5.21. The molecule has 0 aliphatic rings. The predicted molar refractivity (Wildman–Crippen MR) is 87.0 cm³/mol. The van der Waals surface area contributed by atoms with Crippen molar-refractivity contribution in [2.45, 2.75) is 19.9 Å². The normalized spacial score (nSPS) is 11.3. The van der Waals surface area contributed by atoms with Gasteiger partial charge in [-0.2, -0.15) is 5.26 Å². The van der Waals surface area contributed by atoms with Gasteiger partial charge in [0.2, 0.25) is 0 Å². The van der Waals surface area contributed by atoms with Gasteiger partial charge in [-0.3, -0.25) is 4.79 Å². The molecule has 23 heavy (non-hydrogen) atoms.